The molecule has 7 nitrogen and oxygen atoms in total. The van der Waals surface area contributed by atoms with Gasteiger partial charge >= 0.3 is 5.97 Å². The van der Waals surface area contributed by atoms with Crippen molar-refractivity contribution in [1.29, 1.82) is 0 Å². The van der Waals surface area contributed by atoms with E-state index in [9.17, 15) is 18.0 Å². The van der Waals surface area contributed by atoms with E-state index in [1.54, 1.807) is 31.2 Å². The van der Waals surface area contributed by atoms with E-state index in [1.165, 1.54) is 18.9 Å². The molecule has 2 rings (SSSR count). The Bertz CT molecular complexity index is 745. The summed E-state index contributed by atoms with van der Waals surface area (Å²) >= 11 is 0. The highest BCUT2D eigenvalue weighted by Crippen LogP contribution is 2.21. The minimum absolute atomic E-state index is 0.0525. The zero-order valence-corrected chi connectivity index (χ0v) is 15.4. The van der Waals surface area contributed by atoms with Crippen LogP contribution in [0.2, 0.25) is 0 Å². The van der Waals surface area contributed by atoms with Crippen LogP contribution in [0.5, 0.6) is 5.75 Å². The fraction of sp³-hybridized carbons (Fsp3) is 0.529. The predicted octanol–water partition coefficient (Wildman–Crippen LogP) is 1.28. The molecule has 2 unspecified atom stereocenters. The third kappa shape index (κ3) is 4.72. The summed E-state index contributed by atoms with van der Waals surface area (Å²) in [6, 6.07) is 6.26. The lowest BCUT2D eigenvalue weighted by Crippen LogP contribution is -2.44. The first kappa shape index (κ1) is 19.2. The summed E-state index contributed by atoms with van der Waals surface area (Å²) in [5.41, 5.74) is 0.245. The molecule has 8 heteroatoms. The molecule has 1 aromatic rings. The Labute approximate surface area is 147 Å². The number of para-hydroxylation sites is 1. The van der Waals surface area contributed by atoms with Gasteiger partial charge in [0.05, 0.1) is 18.1 Å². The van der Waals surface area contributed by atoms with E-state index < -0.39 is 27.8 Å². The van der Waals surface area contributed by atoms with E-state index in [4.69, 9.17) is 9.47 Å². The first-order valence-corrected chi connectivity index (χ1v) is 9.97. The standard InChI is InChI=1S/C17H23NO6S/c1-4-23-15-8-6-5-7-14(15)17(20)24-12(2)16(19)18(3)13-9-10-25(21,22)11-13/h5-8,12-13H,4,9-11H2,1-3H3. The van der Waals surface area contributed by atoms with Crippen molar-refractivity contribution < 1.29 is 27.5 Å². The number of sulfone groups is 1. The topological polar surface area (TPSA) is 90.0 Å². The summed E-state index contributed by atoms with van der Waals surface area (Å²) in [5.74, 6) is -0.666. The van der Waals surface area contributed by atoms with Crippen LogP contribution in [0.3, 0.4) is 0 Å². The molecule has 0 aromatic heterocycles. The van der Waals surface area contributed by atoms with Crippen molar-refractivity contribution in [3.8, 4) is 5.75 Å². The molecule has 1 fully saturated rings. The fourth-order valence-electron chi connectivity index (χ4n) is 2.74. The van der Waals surface area contributed by atoms with Gasteiger partial charge in [-0.25, -0.2) is 13.2 Å². The molecule has 1 aliphatic rings. The monoisotopic (exact) mass is 369 g/mol. The van der Waals surface area contributed by atoms with Crippen LogP contribution < -0.4 is 4.74 Å². The SMILES string of the molecule is CCOc1ccccc1C(=O)OC(C)C(=O)N(C)C1CCS(=O)(=O)C1. The van der Waals surface area contributed by atoms with Gasteiger partial charge in [-0.15, -0.1) is 0 Å². The number of carbonyl (C=O) groups is 2. The summed E-state index contributed by atoms with van der Waals surface area (Å²) in [4.78, 5) is 26.1. The zero-order chi connectivity index (χ0) is 18.6. The second kappa shape index (κ2) is 7.86. The highest BCUT2D eigenvalue weighted by atomic mass is 32.2. The summed E-state index contributed by atoms with van der Waals surface area (Å²) < 4.78 is 33.8. The molecular formula is C17H23NO6S. The lowest BCUT2D eigenvalue weighted by atomic mass is 10.2. The van der Waals surface area contributed by atoms with E-state index in [0.717, 1.165) is 0 Å². The summed E-state index contributed by atoms with van der Waals surface area (Å²) in [7, 11) is -1.56. The minimum atomic E-state index is -3.10. The van der Waals surface area contributed by atoms with E-state index in [-0.39, 0.29) is 23.1 Å². The second-order valence-corrected chi connectivity index (χ2v) is 8.21. The molecule has 1 saturated heterocycles. The maximum absolute atomic E-state index is 12.4. The van der Waals surface area contributed by atoms with Crippen molar-refractivity contribution in [3.05, 3.63) is 29.8 Å². The number of rotatable bonds is 6. The fourth-order valence-corrected chi connectivity index (χ4v) is 4.51. The van der Waals surface area contributed by atoms with Gasteiger partial charge in [-0.3, -0.25) is 4.79 Å². The Kier molecular flexibility index (Phi) is 6.05. The number of amides is 1. The van der Waals surface area contributed by atoms with E-state index in [1.807, 2.05) is 0 Å². The molecule has 0 aliphatic carbocycles. The van der Waals surface area contributed by atoms with Gasteiger partial charge in [0.25, 0.3) is 5.91 Å². The predicted molar refractivity (Wildman–Crippen MR) is 92.3 cm³/mol. The largest absolute Gasteiger partial charge is 0.493 e. The highest BCUT2D eigenvalue weighted by Gasteiger charge is 2.35. The molecule has 2 atom stereocenters. The molecule has 0 radical (unpaired) electrons. The molecule has 1 aromatic carbocycles. The first-order chi connectivity index (χ1) is 11.7. The number of carbonyl (C=O) groups excluding carboxylic acids is 2. The van der Waals surface area contributed by atoms with Crippen molar-refractivity contribution >= 4 is 21.7 Å². The average Bonchev–Trinajstić information content (AvgIpc) is 2.94. The molecule has 25 heavy (non-hydrogen) atoms. The van der Waals surface area contributed by atoms with Gasteiger partial charge in [0, 0.05) is 13.1 Å². The number of hydrogen-bond acceptors (Lipinski definition) is 6. The van der Waals surface area contributed by atoms with Crippen LogP contribution in [0, 0.1) is 0 Å². The van der Waals surface area contributed by atoms with Crippen LogP contribution in [0.4, 0.5) is 0 Å². The quantitative estimate of drug-likeness (QED) is 0.702. The Hall–Kier alpha value is -2.09. The Balaban J connectivity index is 2.02. The minimum Gasteiger partial charge on any atom is -0.493 e. The van der Waals surface area contributed by atoms with Crippen molar-refractivity contribution in [2.45, 2.75) is 32.4 Å². The van der Waals surface area contributed by atoms with E-state index in [0.29, 0.717) is 18.8 Å². The van der Waals surface area contributed by atoms with Gasteiger partial charge in [-0.05, 0) is 32.4 Å². The van der Waals surface area contributed by atoms with Crippen molar-refractivity contribution in [1.82, 2.24) is 4.90 Å². The number of esters is 1. The van der Waals surface area contributed by atoms with Crippen LogP contribution in [-0.2, 0) is 19.4 Å². The Morgan fingerprint density at radius 2 is 2.00 bits per heavy atom. The van der Waals surface area contributed by atoms with Crippen LogP contribution in [0.15, 0.2) is 24.3 Å². The normalized spacial score (nSPS) is 19.9. The molecule has 1 amide bonds. The molecule has 1 heterocycles. The molecule has 0 bridgehead atoms. The molecule has 138 valence electrons. The van der Waals surface area contributed by atoms with Gasteiger partial charge in [0.1, 0.15) is 11.3 Å². The van der Waals surface area contributed by atoms with Gasteiger partial charge < -0.3 is 14.4 Å². The van der Waals surface area contributed by atoms with Crippen molar-refractivity contribution in [2.24, 2.45) is 0 Å². The summed E-state index contributed by atoms with van der Waals surface area (Å²) in [5, 5.41) is 0. The highest BCUT2D eigenvalue weighted by molar-refractivity contribution is 7.91. The molecule has 0 spiro atoms. The number of benzene rings is 1. The summed E-state index contributed by atoms with van der Waals surface area (Å²) in [6.07, 6.45) is -0.617. The lowest BCUT2D eigenvalue weighted by Gasteiger charge is -2.26. The number of ether oxygens (including phenoxy) is 2. The Morgan fingerprint density at radius 3 is 2.60 bits per heavy atom. The van der Waals surface area contributed by atoms with Crippen molar-refractivity contribution in [3.63, 3.8) is 0 Å². The third-order valence-corrected chi connectivity index (χ3v) is 5.89. The smallest absolute Gasteiger partial charge is 0.342 e. The molecule has 0 N–H and O–H groups in total. The van der Waals surface area contributed by atoms with E-state index >= 15 is 0 Å². The average molecular weight is 369 g/mol. The molecule has 0 saturated carbocycles. The maximum Gasteiger partial charge on any atom is 0.342 e. The van der Waals surface area contributed by atoms with Gasteiger partial charge in [-0.2, -0.15) is 0 Å². The molecular weight excluding hydrogens is 346 g/mol. The number of nitrogens with zero attached hydrogens (tertiary/aromatic N) is 1. The maximum atomic E-state index is 12.4. The van der Waals surface area contributed by atoms with Crippen molar-refractivity contribution in [2.75, 3.05) is 25.2 Å². The number of hydrogen-bond donors (Lipinski definition) is 0. The number of likely N-dealkylation sites (N-methyl/N-ethyl adjacent to an activating group) is 1. The Morgan fingerprint density at radius 1 is 1.32 bits per heavy atom. The lowest BCUT2D eigenvalue weighted by molar-refractivity contribution is -0.140. The van der Waals surface area contributed by atoms with Crippen LogP contribution in [0.1, 0.15) is 30.6 Å². The summed E-state index contributed by atoms with van der Waals surface area (Å²) in [6.45, 7) is 3.68. The zero-order valence-electron chi connectivity index (χ0n) is 14.6. The van der Waals surface area contributed by atoms with Crippen LogP contribution in [-0.4, -0.2) is 62.5 Å². The van der Waals surface area contributed by atoms with Crippen LogP contribution >= 0.6 is 0 Å². The third-order valence-electron chi connectivity index (χ3n) is 4.14. The van der Waals surface area contributed by atoms with Gasteiger partial charge in [0.15, 0.2) is 15.9 Å². The van der Waals surface area contributed by atoms with E-state index in [2.05, 4.69) is 0 Å². The first-order valence-electron chi connectivity index (χ1n) is 8.15. The van der Waals surface area contributed by atoms with Gasteiger partial charge in [-0.1, -0.05) is 12.1 Å². The second-order valence-electron chi connectivity index (χ2n) is 5.98. The van der Waals surface area contributed by atoms with Crippen LogP contribution in [0.25, 0.3) is 0 Å². The molecule has 1 aliphatic heterocycles. The van der Waals surface area contributed by atoms with Gasteiger partial charge in [0.2, 0.25) is 0 Å².